The van der Waals surface area contributed by atoms with Crippen LogP contribution >= 0.6 is 0 Å². The fourth-order valence-electron chi connectivity index (χ4n) is 1.89. The van der Waals surface area contributed by atoms with Gasteiger partial charge in [-0.25, -0.2) is 4.98 Å². The molecular weight excluding hydrogens is 268 g/mol. The molecule has 1 aromatic heterocycles. The first-order chi connectivity index (χ1) is 10.2. The normalized spacial score (nSPS) is 9.90. The minimum absolute atomic E-state index is 0.106. The van der Waals surface area contributed by atoms with E-state index >= 15 is 0 Å². The van der Waals surface area contributed by atoms with Crippen LogP contribution in [0, 0.1) is 11.3 Å². The third-order valence-electron chi connectivity index (χ3n) is 2.91. The molecule has 1 heterocycles. The van der Waals surface area contributed by atoms with Crippen molar-refractivity contribution in [1.29, 1.82) is 5.26 Å². The van der Waals surface area contributed by atoms with E-state index in [1.54, 1.807) is 24.3 Å². The van der Waals surface area contributed by atoms with Crippen LogP contribution < -0.4 is 10.6 Å². The van der Waals surface area contributed by atoms with Crippen molar-refractivity contribution in [3.63, 3.8) is 0 Å². The highest BCUT2D eigenvalue weighted by Crippen LogP contribution is 2.23. The summed E-state index contributed by atoms with van der Waals surface area (Å²) in [6, 6.07) is 11.8. The first kappa shape index (κ1) is 14.5. The van der Waals surface area contributed by atoms with E-state index in [4.69, 9.17) is 16.1 Å². The summed E-state index contributed by atoms with van der Waals surface area (Å²) >= 11 is 0. The number of carbonyl (C=O) groups excluding carboxylic acids is 1. The van der Waals surface area contributed by atoms with Crippen molar-refractivity contribution in [3.8, 4) is 6.07 Å². The lowest BCUT2D eigenvalue weighted by Gasteiger charge is -2.23. The van der Waals surface area contributed by atoms with Crippen LogP contribution in [0.2, 0.25) is 0 Å². The maximum atomic E-state index is 12.5. The van der Waals surface area contributed by atoms with Gasteiger partial charge in [-0.2, -0.15) is 5.26 Å². The van der Waals surface area contributed by atoms with Crippen LogP contribution in [-0.2, 0) is 0 Å². The van der Waals surface area contributed by atoms with Crippen LogP contribution in [0.15, 0.2) is 42.6 Å². The Labute approximate surface area is 122 Å². The van der Waals surface area contributed by atoms with E-state index in [9.17, 15) is 4.79 Å². The van der Waals surface area contributed by atoms with E-state index in [-0.39, 0.29) is 24.8 Å². The van der Waals surface area contributed by atoms with Gasteiger partial charge in [0.05, 0.1) is 23.5 Å². The quantitative estimate of drug-likeness (QED) is 0.819. The van der Waals surface area contributed by atoms with Crippen LogP contribution in [0.25, 0.3) is 0 Å². The average Bonchev–Trinajstić information content (AvgIpc) is 2.53. The monoisotopic (exact) mass is 282 g/mol. The maximum absolute atomic E-state index is 12.5. The number of hydrogen-bond donors (Lipinski definition) is 2. The first-order valence-corrected chi connectivity index (χ1v) is 6.30. The van der Waals surface area contributed by atoms with Gasteiger partial charge in [-0.3, -0.25) is 4.79 Å². The van der Waals surface area contributed by atoms with Crippen LogP contribution in [0.5, 0.6) is 0 Å². The molecule has 0 saturated heterocycles. The predicted molar refractivity (Wildman–Crippen MR) is 78.6 cm³/mol. The van der Waals surface area contributed by atoms with Gasteiger partial charge in [0.2, 0.25) is 0 Å². The van der Waals surface area contributed by atoms with Crippen molar-refractivity contribution in [1.82, 2.24) is 4.98 Å². The van der Waals surface area contributed by atoms with Gasteiger partial charge in [-0.15, -0.1) is 0 Å². The number of rotatable bonds is 4. The summed E-state index contributed by atoms with van der Waals surface area (Å²) in [4.78, 5) is 17.8. The second kappa shape index (κ2) is 6.50. The fraction of sp³-hybridized carbons (Fsp3) is 0.133. The number of carbonyl (C=O) groups is 1. The summed E-state index contributed by atoms with van der Waals surface area (Å²) in [7, 11) is 0. The van der Waals surface area contributed by atoms with Gasteiger partial charge >= 0.3 is 0 Å². The Morgan fingerprint density at radius 2 is 2.10 bits per heavy atom. The van der Waals surface area contributed by atoms with Gasteiger partial charge < -0.3 is 15.7 Å². The number of nitrogens with two attached hydrogens (primary N) is 1. The summed E-state index contributed by atoms with van der Waals surface area (Å²) in [5.74, 6) is -0.383. The van der Waals surface area contributed by atoms with Crippen molar-refractivity contribution in [2.45, 2.75) is 0 Å². The molecule has 2 aromatic rings. The maximum Gasteiger partial charge on any atom is 0.277 e. The highest BCUT2D eigenvalue weighted by Gasteiger charge is 2.20. The van der Waals surface area contributed by atoms with E-state index in [1.165, 1.54) is 23.2 Å². The Morgan fingerprint density at radius 3 is 2.67 bits per heavy atom. The minimum Gasteiger partial charge on any atom is -0.397 e. The van der Waals surface area contributed by atoms with E-state index in [0.717, 1.165) is 0 Å². The lowest BCUT2D eigenvalue weighted by atomic mass is 10.2. The molecule has 0 bridgehead atoms. The zero-order chi connectivity index (χ0) is 15.2. The van der Waals surface area contributed by atoms with Crippen LogP contribution in [0.1, 0.15) is 16.1 Å². The zero-order valence-corrected chi connectivity index (χ0v) is 11.2. The van der Waals surface area contributed by atoms with Crippen molar-refractivity contribution < 1.29 is 9.90 Å². The Bertz CT molecular complexity index is 677. The summed E-state index contributed by atoms with van der Waals surface area (Å²) < 4.78 is 0. The third-order valence-corrected chi connectivity index (χ3v) is 2.91. The highest BCUT2D eigenvalue weighted by atomic mass is 16.3. The van der Waals surface area contributed by atoms with Crippen LogP contribution in [0.3, 0.4) is 0 Å². The molecule has 0 radical (unpaired) electrons. The summed E-state index contributed by atoms with van der Waals surface area (Å²) in [6.45, 7) is -0.0922. The molecule has 1 amide bonds. The topological polar surface area (TPSA) is 103 Å². The van der Waals surface area contributed by atoms with Crippen molar-refractivity contribution in [2.75, 3.05) is 23.8 Å². The molecule has 1 aromatic carbocycles. The van der Waals surface area contributed by atoms with Gasteiger partial charge in [0.25, 0.3) is 5.91 Å². The molecule has 21 heavy (non-hydrogen) atoms. The number of aromatic nitrogens is 1. The number of anilines is 2. The standard InChI is InChI=1S/C15H14N4O2/c16-9-11-5-6-13(18-10-11)15(21)19(7-8-20)14-4-2-1-3-12(14)17/h1-6,10,20H,7-8,17H2. The van der Waals surface area contributed by atoms with E-state index < -0.39 is 0 Å². The average molecular weight is 282 g/mol. The Morgan fingerprint density at radius 1 is 1.33 bits per heavy atom. The van der Waals surface area contributed by atoms with Gasteiger partial charge in [-0.1, -0.05) is 12.1 Å². The number of pyridine rings is 1. The van der Waals surface area contributed by atoms with E-state index in [2.05, 4.69) is 4.98 Å². The number of aliphatic hydroxyl groups is 1. The largest absolute Gasteiger partial charge is 0.397 e. The number of nitriles is 1. The second-order valence-corrected chi connectivity index (χ2v) is 4.28. The highest BCUT2D eigenvalue weighted by molar-refractivity contribution is 6.06. The molecule has 6 heteroatoms. The smallest absolute Gasteiger partial charge is 0.277 e. The number of aliphatic hydroxyl groups excluding tert-OH is 1. The Hall–Kier alpha value is -2.91. The first-order valence-electron chi connectivity index (χ1n) is 6.30. The number of para-hydroxylation sites is 2. The van der Waals surface area contributed by atoms with Gasteiger partial charge in [-0.05, 0) is 24.3 Å². The molecule has 0 fully saturated rings. The van der Waals surface area contributed by atoms with E-state index in [1.807, 2.05) is 6.07 Å². The Balaban J connectivity index is 2.35. The van der Waals surface area contributed by atoms with Gasteiger partial charge in [0.15, 0.2) is 0 Å². The van der Waals surface area contributed by atoms with Crippen molar-refractivity contribution in [2.24, 2.45) is 0 Å². The zero-order valence-electron chi connectivity index (χ0n) is 11.2. The van der Waals surface area contributed by atoms with Gasteiger partial charge in [0, 0.05) is 12.7 Å². The molecular formula is C15H14N4O2. The van der Waals surface area contributed by atoms with Crippen LogP contribution in [0.4, 0.5) is 11.4 Å². The molecule has 0 unspecified atom stereocenters. The lowest BCUT2D eigenvalue weighted by molar-refractivity contribution is 0.0976. The van der Waals surface area contributed by atoms with Crippen molar-refractivity contribution in [3.05, 3.63) is 53.9 Å². The van der Waals surface area contributed by atoms with E-state index in [0.29, 0.717) is 16.9 Å². The number of amides is 1. The molecule has 0 aliphatic rings. The number of nitrogens with zero attached hydrogens (tertiary/aromatic N) is 3. The van der Waals surface area contributed by atoms with Crippen LogP contribution in [-0.4, -0.2) is 29.1 Å². The fourth-order valence-corrected chi connectivity index (χ4v) is 1.89. The summed E-state index contributed by atoms with van der Waals surface area (Å²) in [5.41, 5.74) is 7.39. The third kappa shape index (κ3) is 3.16. The minimum atomic E-state index is -0.383. The molecule has 3 N–H and O–H groups in total. The lowest BCUT2D eigenvalue weighted by Crippen LogP contribution is -2.34. The SMILES string of the molecule is N#Cc1ccc(C(=O)N(CCO)c2ccccc2N)nc1. The van der Waals surface area contributed by atoms with Crippen molar-refractivity contribution >= 4 is 17.3 Å². The van der Waals surface area contributed by atoms with Gasteiger partial charge in [0.1, 0.15) is 11.8 Å². The second-order valence-electron chi connectivity index (χ2n) is 4.28. The number of benzene rings is 1. The molecule has 0 aliphatic heterocycles. The number of nitrogen functional groups attached to an aromatic ring is 1. The predicted octanol–water partition coefficient (Wildman–Crippen LogP) is 1.17. The Kier molecular flexibility index (Phi) is 4.49. The molecule has 6 nitrogen and oxygen atoms in total. The molecule has 0 spiro atoms. The summed E-state index contributed by atoms with van der Waals surface area (Å²) in [6.07, 6.45) is 1.33. The molecule has 2 rings (SSSR count). The summed E-state index contributed by atoms with van der Waals surface area (Å²) in [5, 5.41) is 17.9. The molecule has 0 atom stereocenters. The number of hydrogen-bond acceptors (Lipinski definition) is 5. The molecule has 106 valence electrons. The molecule has 0 aliphatic carbocycles. The molecule has 0 saturated carbocycles.